The van der Waals surface area contributed by atoms with E-state index in [9.17, 15) is 4.39 Å². The van der Waals surface area contributed by atoms with Crippen LogP contribution in [0, 0.1) is 11.2 Å². The van der Waals surface area contributed by atoms with Crippen molar-refractivity contribution < 1.29 is 4.39 Å². The van der Waals surface area contributed by atoms with Gasteiger partial charge in [-0.3, -0.25) is 0 Å². The molecule has 2 aromatic carbocycles. The van der Waals surface area contributed by atoms with Crippen LogP contribution in [0.15, 0.2) is 79.4 Å². The van der Waals surface area contributed by atoms with Gasteiger partial charge in [0.05, 0.1) is 0 Å². The van der Waals surface area contributed by atoms with Crippen LogP contribution in [0.3, 0.4) is 0 Å². The van der Waals surface area contributed by atoms with E-state index in [1.807, 2.05) is 24.3 Å². The summed E-state index contributed by atoms with van der Waals surface area (Å²) in [6.45, 7) is 16.9. The second-order valence-corrected chi connectivity index (χ2v) is 10.2. The van der Waals surface area contributed by atoms with Crippen LogP contribution in [-0.2, 0) is 5.41 Å². The Kier molecular flexibility index (Phi) is 7.06. The zero-order valence-electron chi connectivity index (χ0n) is 20.4. The van der Waals surface area contributed by atoms with Crippen molar-refractivity contribution in [3.05, 3.63) is 96.6 Å². The molecular formula is C29H32FN3. The first kappa shape index (κ1) is 24.2. The second-order valence-electron chi connectivity index (χ2n) is 10.2. The summed E-state index contributed by atoms with van der Waals surface area (Å²) in [6.07, 6.45) is 7.80. The number of aromatic nitrogens is 3. The van der Waals surface area contributed by atoms with Gasteiger partial charge in [0.25, 0.3) is 0 Å². The van der Waals surface area contributed by atoms with Crippen molar-refractivity contribution in [2.45, 2.75) is 47.0 Å². The lowest BCUT2D eigenvalue weighted by Gasteiger charge is -2.19. The first-order chi connectivity index (χ1) is 15.5. The van der Waals surface area contributed by atoms with Gasteiger partial charge in [0.15, 0.2) is 17.5 Å². The lowest BCUT2D eigenvalue weighted by molar-refractivity contribution is 0.544. The summed E-state index contributed by atoms with van der Waals surface area (Å²) in [5.74, 6) is 1.27. The second kappa shape index (κ2) is 9.62. The van der Waals surface area contributed by atoms with Crippen LogP contribution >= 0.6 is 0 Å². The number of nitrogens with zero attached hydrogens (tertiary/aromatic N) is 3. The van der Waals surface area contributed by atoms with E-state index in [2.05, 4.69) is 71.3 Å². The predicted molar refractivity (Wildman–Crippen MR) is 136 cm³/mol. The van der Waals surface area contributed by atoms with Crippen LogP contribution in [-0.4, -0.2) is 15.0 Å². The molecule has 33 heavy (non-hydrogen) atoms. The quantitative estimate of drug-likeness (QED) is 0.379. The molecule has 1 aromatic heterocycles. The summed E-state index contributed by atoms with van der Waals surface area (Å²) in [5.41, 5.74) is 3.75. The minimum atomic E-state index is -0.301. The van der Waals surface area contributed by atoms with Crippen molar-refractivity contribution in [2.75, 3.05) is 0 Å². The number of halogens is 1. The van der Waals surface area contributed by atoms with Crippen LogP contribution in [0.5, 0.6) is 0 Å². The zero-order valence-corrected chi connectivity index (χ0v) is 20.4. The molecule has 0 saturated carbocycles. The van der Waals surface area contributed by atoms with Crippen molar-refractivity contribution in [2.24, 2.45) is 5.41 Å². The topological polar surface area (TPSA) is 38.7 Å². The Bertz CT molecular complexity index is 1170. The Morgan fingerprint density at radius 1 is 0.788 bits per heavy atom. The normalized spacial score (nSPS) is 12.9. The van der Waals surface area contributed by atoms with Gasteiger partial charge in [-0.15, -0.1) is 0 Å². The maximum absolute atomic E-state index is 13.5. The van der Waals surface area contributed by atoms with Gasteiger partial charge in [0.2, 0.25) is 0 Å². The Morgan fingerprint density at radius 3 is 1.76 bits per heavy atom. The molecule has 0 fully saturated rings. The van der Waals surface area contributed by atoms with E-state index in [0.29, 0.717) is 17.5 Å². The van der Waals surface area contributed by atoms with Gasteiger partial charge in [-0.05, 0) is 40.7 Å². The van der Waals surface area contributed by atoms with Gasteiger partial charge >= 0.3 is 0 Å². The molecule has 0 aliphatic carbocycles. The number of hydrogen-bond acceptors (Lipinski definition) is 3. The highest BCUT2D eigenvalue weighted by Crippen LogP contribution is 2.27. The van der Waals surface area contributed by atoms with Crippen LogP contribution in [0.1, 0.15) is 52.9 Å². The van der Waals surface area contributed by atoms with E-state index in [1.165, 1.54) is 17.7 Å². The third kappa shape index (κ3) is 6.55. The molecular weight excluding hydrogens is 409 g/mol. The number of hydrogen-bond donors (Lipinski definition) is 0. The molecule has 0 bridgehead atoms. The van der Waals surface area contributed by atoms with Crippen molar-refractivity contribution in [3.8, 4) is 22.8 Å². The molecule has 0 unspecified atom stereocenters. The summed E-state index contributed by atoms with van der Waals surface area (Å²) >= 11 is 0. The maximum atomic E-state index is 13.5. The van der Waals surface area contributed by atoms with Crippen LogP contribution in [0.2, 0.25) is 0 Å². The van der Waals surface area contributed by atoms with Gasteiger partial charge in [-0.25, -0.2) is 19.3 Å². The lowest BCUT2D eigenvalue weighted by Crippen LogP contribution is -2.10. The average Bonchev–Trinajstić information content (AvgIpc) is 2.76. The third-order valence-corrected chi connectivity index (χ3v) is 5.10. The van der Waals surface area contributed by atoms with Crippen molar-refractivity contribution >= 4 is 5.57 Å². The molecule has 3 nitrogen and oxygen atoms in total. The molecule has 4 heteroatoms. The van der Waals surface area contributed by atoms with Crippen molar-refractivity contribution in [1.29, 1.82) is 0 Å². The van der Waals surface area contributed by atoms with Crippen molar-refractivity contribution in [1.82, 2.24) is 15.0 Å². The molecule has 0 aliphatic heterocycles. The van der Waals surface area contributed by atoms with Crippen LogP contribution < -0.4 is 0 Å². The number of benzene rings is 2. The molecule has 170 valence electrons. The molecule has 0 spiro atoms. The van der Waals surface area contributed by atoms with Crippen LogP contribution in [0.25, 0.3) is 28.3 Å². The average molecular weight is 442 g/mol. The molecule has 0 N–H and O–H groups in total. The fourth-order valence-corrected chi connectivity index (χ4v) is 3.16. The van der Waals surface area contributed by atoms with E-state index in [0.717, 1.165) is 16.7 Å². The highest BCUT2D eigenvalue weighted by atomic mass is 19.1. The smallest absolute Gasteiger partial charge is 0.164 e. The van der Waals surface area contributed by atoms with Crippen LogP contribution in [0.4, 0.5) is 4.39 Å². The van der Waals surface area contributed by atoms with Gasteiger partial charge < -0.3 is 0 Å². The van der Waals surface area contributed by atoms with E-state index in [-0.39, 0.29) is 16.6 Å². The predicted octanol–water partition coefficient (Wildman–Crippen LogP) is 7.81. The molecule has 0 saturated heterocycles. The molecule has 3 rings (SSSR count). The van der Waals surface area contributed by atoms with Gasteiger partial charge in [0, 0.05) is 16.7 Å². The minimum absolute atomic E-state index is 0.0558. The first-order valence-electron chi connectivity index (χ1n) is 11.1. The summed E-state index contributed by atoms with van der Waals surface area (Å²) in [5, 5.41) is 0. The Morgan fingerprint density at radius 2 is 1.30 bits per heavy atom. The fourth-order valence-electron chi connectivity index (χ4n) is 3.16. The summed E-state index contributed by atoms with van der Waals surface area (Å²) in [6, 6.07) is 14.4. The SMILES string of the molecule is C=C/C(=C\C=C\C(C)(C)C)c1nc(-c2ccc(F)cc2)nc(-c2ccc(C(C)(C)C)cc2)n1. The zero-order chi connectivity index (χ0) is 24.2. The first-order valence-corrected chi connectivity index (χ1v) is 11.1. The third-order valence-electron chi connectivity index (χ3n) is 5.10. The van der Waals surface area contributed by atoms with Crippen molar-refractivity contribution in [3.63, 3.8) is 0 Å². The summed E-state index contributed by atoms with van der Waals surface area (Å²) < 4.78 is 13.5. The number of allylic oxidation sites excluding steroid dienone is 5. The Hall–Kier alpha value is -3.40. The highest BCUT2D eigenvalue weighted by molar-refractivity contribution is 5.73. The molecule has 3 aromatic rings. The standard InChI is InChI=1S/C29H32FN3/c1-8-20(10-9-19-28(2,3)4)25-31-26(21-11-15-23(16-12-21)29(5,6)7)33-27(32-25)22-13-17-24(30)18-14-22/h8-19H,1H2,2-7H3/b19-9+,20-10+. The van der Waals surface area contributed by atoms with E-state index >= 15 is 0 Å². The van der Waals surface area contributed by atoms with E-state index in [1.54, 1.807) is 18.2 Å². The Balaban J connectivity index is 2.14. The van der Waals surface area contributed by atoms with E-state index < -0.39 is 0 Å². The molecule has 0 atom stereocenters. The molecule has 0 radical (unpaired) electrons. The number of rotatable bonds is 5. The van der Waals surface area contributed by atoms with E-state index in [4.69, 9.17) is 9.97 Å². The maximum Gasteiger partial charge on any atom is 0.164 e. The molecule has 0 amide bonds. The lowest BCUT2D eigenvalue weighted by atomic mass is 9.87. The monoisotopic (exact) mass is 441 g/mol. The highest BCUT2D eigenvalue weighted by Gasteiger charge is 2.16. The summed E-state index contributed by atoms with van der Waals surface area (Å²) in [7, 11) is 0. The van der Waals surface area contributed by atoms with Gasteiger partial charge in [-0.1, -0.05) is 96.7 Å². The molecule has 1 heterocycles. The van der Waals surface area contributed by atoms with Gasteiger partial charge in [-0.2, -0.15) is 0 Å². The largest absolute Gasteiger partial charge is 0.208 e. The Labute approximate surface area is 196 Å². The molecule has 0 aliphatic rings. The fraction of sp³-hybridized carbons (Fsp3) is 0.276. The summed E-state index contributed by atoms with van der Waals surface area (Å²) in [4.78, 5) is 14.1. The van der Waals surface area contributed by atoms with Gasteiger partial charge in [0.1, 0.15) is 5.82 Å². The minimum Gasteiger partial charge on any atom is -0.208 e.